The molecular formula is C25H20F7N7O3S2. The number of benzene rings is 1. The van der Waals surface area contributed by atoms with Crippen LogP contribution in [0.25, 0.3) is 0 Å². The van der Waals surface area contributed by atoms with Gasteiger partial charge in [0, 0.05) is 31.1 Å². The molecule has 0 fully saturated rings. The zero-order chi connectivity index (χ0) is 31.9. The van der Waals surface area contributed by atoms with Gasteiger partial charge in [0.2, 0.25) is 10.0 Å². The lowest BCUT2D eigenvalue weighted by Gasteiger charge is -2.11. The van der Waals surface area contributed by atoms with E-state index in [1.54, 1.807) is 0 Å². The van der Waals surface area contributed by atoms with Crippen LogP contribution in [0.4, 0.5) is 30.7 Å². The molecule has 0 aliphatic rings. The molecule has 2 N–H and O–H groups in total. The highest BCUT2D eigenvalue weighted by molar-refractivity contribution is 7.13. The van der Waals surface area contributed by atoms with E-state index in [2.05, 4.69) is 40.7 Å². The Balaban J connectivity index is 1.19. The topological polar surface area (TPSA) is 132 Å². The van der Waals surface area contributed by atoms with Gasteiger partial charge >= 0.3 is 12.5 Å². The Morgan fingerprint density at radius 1 is 0.795 bits per heavy atom. The Kier molecular flexibility index (Phi) is 10.4. The highest BCUT2D eigenvalue weighted by Gasteiger charge is 2.32. The number of rotatable bonds is 12. The van der Waals surface area contributed by atoms with Crippen LogP contribution in [0, 0.1) is 5.82 Å². The van der Waals surface area contributed by atoms with Crippen molar-refractivity contribution in [3.8, 4) is 5.75 Å². The number of unbranched alkanes of at least 4 members (excludes halogenated alkanes) is 1. The summed E-state index contributed by atoms with van der Waals surface area (Å²) in [4.78, 5) is 28.5. The number of ether oxygens (including phenoxy) is 1. The molecule has 4 aromatic rings. The first kappa shape index (κ1) is 32.6. The fraction of sp³-hybridized carbons (Fsp3) is 0.320. The molecule has 3 heterocycles. The van der Waals surface area contributed by atoms with Gasteiger partial charge in [-0.2, -0.15) is 13.2 Å². The van der Waals surface area contributed by atoms with Crippen molar-refractivity contribution < 1.29 is 45.1 Å². The number of hydrogen-bond donors (Lipinski definition) is 2. The maximum Gasteiger partial charge on any atom is 0.573 e. The largest absolute Gasteiger partial charge is 0.573 e. The molecule has 0 unspecified atom stereocenters. The molecule has 0 aliphatic heterocycles. The predicted molar refractivity (Wildman–Crippen MR) is 141 cm³/mol. The quantitative estimate of drug-likeness (QED) is 0.155. The van der Waals surface area contributed by atoms with Crippen LogP contribution in [-0.4, -0.2) is 43.6 Å². The minimum Gasteiger partial charge on any atom is -0.406 e. The number of carbonyl (C=O) groups is 2. The van der Waals surface area contributed by atoms with E-state index in [1.165, 1.54) is 0 Å². The highest BCUT2D eigenvalue weighted by Crippen LogP contribution is 2.29. The van der Waals surface area contributed by atoms with Crippen molar-refractivity contribution in [2.45, 2.75) is 51.3 Å². The maximum absolute atomic E-state index is 14.0. The van der Waals surface area contributed by atoms with Crippen LogP contribution in [0.15, 0.2) is 36.5 Å². The van der Waals surface area contributed by atoms with E-state index in [0.717, 1.165) is 59.2 Å². The molecule has 1 aromatic carbocycles. The number of alkyl halides is 6. The smallest absolute Gasteiger partial charge is 0.406 e. The lowest BCUT2D eigenvalue weighted by atomic mass is 10.2. The first-order valence-electron chi connectivity index (χ1n) is 12.5. The Morgan fingerprint density at radius 2 is 1.39 bits per heavy atom. The third kappa shape index (κ3) is 9.63. The molecule has 0 aliphatic carbocycles. The molecule has 0 spiro atoms. The van der Waals surface area contributed by atoms with Crippen molar-refractivity contribution in [3.05, 3.63) is 79.2 Å². The number of aromatic nitrogens is 5. The van der Waals surface area contributed by atoms with Gasteiger partial charge in [0.15, 0.2) is 0 Å². The van der Waals surface area contributed by atoms with Gasteiger partial charge in [-0.3, -0.25) is 14.6 Å². The number of pyridine rings is 1. The second-order valence-electron chi connectivity index (χ2n) is 8.91. The van der Waals surface area contributed by atoms with Gasteiger partial charge in [-0.05, 0) is 43.2 Å². The maximum atomic E-state index is 14.0. The summed E-state index contributed by atoms with van der Waals surface area (Å²) in [7, 11) is 0. The third-order valence-electron chi connectivity index (χ3n) is 5.62. The summed E-state index contributed by atoms with van der Waals surface area (Å²) in [6.07, 6.45) is -6.27. The van der Waals surface area contributed by atoms with Crippen molar-refractivity contribution in [3.63, 3.8) is 0 Å². The molecule has 0 bridgehead atoms. The predicted octanol–water partition coefficient (Wildman–Crippen LogP) is 5.27. The minimum absolute atomic E-state index is 0.0109. The van der Waals surface area contributed by atoms with Crippen LogP contribution in [0.2, 0.25) is 0 Å². The SMILES string of the molecule is O=C(NCc1cc(C(F)(F)F)ccn1)c1nnc(CCCCc2nnc(C(=O)NCc3cc(OC(F)(F)F)ccc3F)s2)s1. The van der Waals surface area contributed by atoms with Crippen molar-refractivity contribution in [1.29, 1.82) is 0 Å². The van der Waals surface area contributed by atoms with E-state index in [-0.39, 0.29) is 27.8 Å². The molecule has 4 rings (SSSR count). The summed E-state index contributed by atoms with van der Waals surface area (Å²) >= 11 is 2.05. The highest BCUT2D eigenvalue weighted by atomic mass is 32.1. The minimum atomic E-state index is -4.95. The van der Waals surface area contributed by atoms with Gasteiger partial charge < -0.3 is 15.4 Å². The zero-order valence-corrected chi connectivity index (χ0v) is 23.8. The molecule has 3 aromatic heterocycles. The van der Waals surface area contributed by atoms with Gasteiger partial charge in [0.25, 0.3) is 11.8 Å². The van der Waals surface area contributed by atoms with Crippen LogP contribution in [0.1, 0.15) is 59.3 Å². The zero-order valence-electron chi connectivity index (χ0n) is 22.1. The van der Waals surface area contributed by atoms with E-state index in [0.29, 0.717) is 35.7 Å². The first-order valence-corrected chi connectivity index (χ1v) is 14.2. The van der Waals surface area contributed by atoms with Crippen molar-refractivity contribution >= 4 is 34.5 Å². The first-order chi connectivity index (χ1) is 20.8. The number of aryl methyl sites for hydroxylation is 2. The standard InChI is InChI=1S/C25H20F7N7O3S2/c26-17-6-5-16(42-25(30,31)32)9-13(17)11-34-20(40)22-38-36-18(43-22)3-1-2-4-19-37-39-23(44-19)21(41)35-12-15-10-14(7-8-33-15)24(27,28)29/h5-10H,1-4,11-12H2,(H,34,40)(H,35,41). The molecule has 2 amide bonds. The summed E-state index contributed by atoms with van der Waals surface area (Å²) in [6, 6.07) is 4.13. The third-order valence-corrected chi connectivity index (χ3v) is 7.58. The molecule has 0 radical (unpaired) electrons. The van der Waals surface area contributed by atoms with Crippen LogP contribution >= 0.6 is 22.7 Å². The summed E-state index contributed by atoms with van der Waals surface area (Å²) in [5, 5.41) is 21.5. The van der Waals surface area contributed by atoms with Gasteiger partial charge in [0.1, 0.15) is 21.6 Å². The van der Waals surface area contributed by atoms with Crippen molar-refractivity contribution in [2.24, 2.45) is 0 Å². The Hall–Kier alpha value is -4.26. The monoisotopic (exact) mass is 663 g/mol. The van der Waals surface area contributed by atoms with Crippen LogP contribution in [0.3, 0.4) is 0 Å². The van der Waals surface area contributed by atoms with Crippen LogP contribution < -0.4 is 15.4 Å². The molecule has 234 valence electrons. The normalized spacial score (nSPS) is 11.8. The average molecular weight is 664 g/mol. The Labute approximate surface area is 251 Å². The summed E-state index contributed by atoms with van der Waals surface area (Å²) in [5.41, 5.74) is -1.05. The van der Waals surface area contributed by atoms with Crippen LogP contribution in [-0.2, 0) is 32.1 Å². The number of nitrogens with zero attached hydrogens (tertiary/aromatic N) is 5. The van der Waals surface area contributed by atoms with Gasteiger partial charge in [0.05, 0.1) is 17.8 Å². The molecule has 0 saturated carbocycles. The van der Waals surface area contributed by atoms with E-state index in [1.807, 2.05) is 0 Å². The van der Waals surface area contributed by atoms with Gasteiger partial charge in [-0.15, -0.1) is 33.6 Å². The molecular weight excluding hydrogens is 643 g/mol. The lowest BCUT2D eigenvalue weighted by Crippen LogP contribution is -2.23. The summed E-state index contributed by atoms with van der Waals surface area (Å²) in [5.74, 6) is -2.73. The Morgan fingerprint density at radius 3 is 1.95 bits per heavy atom. The molecule has 44 heavy (non-hydrogen) atoms. The lowest BCUT2D eigenvalue weighted by molar-refractivity contribution is -0.274. The van der Waals surface area contributed by atoms with E-state index >= 15 is 0 Å². The summed E-state index contributed by atoms with van der Waals surface area (Å²) in [6.45, 7) is -0.626. The number of nitrogens with one attached hydrogen (secondary N) is 2. The molecule has 19 heteroatoms. The van der Waals surface area contributed by atoms with Crippen molar-refractivity contribution in [1.82, 2.24) is 36.0 Å². The Bertz CT molecular complexity index is 1610. The van der Waals surface area contributed by atoms with Crippen LogP contribution in [0.5, 0.6) is 5.75 Å². The van der Waals surface area contributed by atoms with Gasteiger partial charge in [-0.1, -0.05) is 22.7 Å². The van der Waals surface area contributed by atoms with E-state index in [9.17, 15) is 40.3 Å². The van der Waals surface area contributed by atoms with E-state index in [4.69, 9.17) is 0 Å². The number of carbonyl (C=O) groups excluding carboxylic acids is 2. The average Bonchev–Trinajstić information content (AvgIpc) is 3.63. The van der Waals surface area contributed by atoms with Crippen molar-refractivity contribution in [2.75, 3.05) is 0 Å². The number of hydrogen-bond acceptors (Lipinski definition) is 10. The molecule has 0 saturated heterocycles. The molecule has 0 atom stereocenters. The van der Waals surface area contributed by atoms with Gasteiger partial charge in [-0.25, -0.2) is 4.39 Å². The summed E-state index contributed by atoms with van der Waals surface area (Å²) < 4.78 is 93.5. The van der Waals surface area contributed by atoms with E-state index < -0.39 is 48.0 Å². The number of halogens is 7. The number of amides is 2. The fourth-order valence-electron chi connectivity index (χ4n) is 3.58. The molecule has 10 nitrogen and oxygen atoms in total. The fourth-order valence-corrected chi connectivity index (χ4v) is 5.17. The second-order valence-corrected chi connectivity index (χ2v) is 11.0. The second kappa shape index (κ2) is 14.0.